The lowest BCUT2D eigenvalue weighted by Gasteiger charge is -1.99. The molecule has 2 nitrogen and oxygen atoms in total. The van der Waals surface area contributed by atoms with E-state index in [2.05, 4.69) is 23.2 Å². The average molecular weight is 244 g/mol. The van der Waals surface area contributed by atoms with Crippen molar-refractivity contribution in [2.75, 3.05) is 0 Å². The molecule has 19 heavy (non-hydrogen) atoms. The van der Waals surface area contributed by atoms with Gasteiger partial charge in [0.2, 0.25) is 0 Å². The molecule has 0 fully saturated rings. The fourth-order valence-electron chi connectivity index (χ4n) is 2.36. The topological polar surface area (TPSA) is 26.0 Å². The predicted molar refractivity (Wildman–Crippen MR) is 75.8 cm³/mol. The summed E-state index contributed by atoms with van der Waals surface area (Å²) in [4.78, 5) is 4.36. The SMILES string of the molecule is [c]1ccc2c(c1)oc1cc(-c3ccccn3)ccc12. The third kappa shape index (κ3) is 1.61. The standard InChI is InChI=1S/C17H10NO/c1-2-7-16-13(5-1)14-9-8-12(11-17(14)19-16)15-6-3-4-10-18-15/h1,3-11H. The normalized spacial score (nSPS) is 11.2. The minimum atomic E-state index is 0.871. The maximum atomic E-state index is 5.86. The molecule has 0 spiro atoms. The number of pyridine rings is 1. The van der Waals surface area contributed by atoms with E-state index < -0.39 is 0 Å². The van der Waals surface area contributed by atoms with Crippen LogP contribution in [0.1, 0.15) is 0 Å². The summed E-state index contributed by atoms with van der Waals surface area (Å²) in [5, 5.41) is 2.25. The van der Waals surface area contributed by atoms with Gasteiger partial charge in [-0.15, -0.1) is 0 Å². The zero-order valence-electron chi connectivity index (χ0n) is 10.1. The van der Waals surface area contributed by atoms with Gasteiger partial charge in [0.25, 0.3) is 0 Å². The van der Waals surface area contributed by atoms with Gasteiger partial charge in [0.1, 0.15) is 11.2 Å². The highest BCUT2D eigenvalue weighted by Crippen LogP contribution is 2.31. The van der Waals surface area contributed by atoms with Crippen LogP contribution in [0.15, 0.2) is 65.2 Å². The van der Waals surface area contributed by atoms with Crippen molar-refractivity contribution in [3.8, 4) is 11.3 Å². The number of hydrogen-bond acceptors (Lipinski definition) is 2. The first-order valence-electron chi connectivity index (χ1n) is 6.15. The van der Waals surface area contributed by atoms with Crippen molar-refractivity contribution >= 4 is 21.9 Å². The number of aromatic nitrogens is 1. The highest BCUT2D eigenvalue weighted by atomic mass is 16.3. The van der Waals surface area contributed by atoms with Crippen LogP contribution in [0.5, 0.6) is 0 Å². The van der Waals surface area contributed by atoms with Crippen LogP contribution in [-0.4, -0.2) is 4.98 Å². The van der Waals surface area contributed by atoms with E-state index in [0.29, 0.717) is 0 Å². The summed E-state index contributed by atoms with van der Waals surface area (Å²) < 4.78 is 5.86. The first kappa shape index (κ1) is 10.3. The Bertz CT molecular complexity index is 862. The lowest BCUT2D eigenvalue weighted by molar-refractivity contribution is 0.669. The van der Waals surface area contributed by atoms with Crippen molar-refractivity contribution in [1.82, 2.24) is 4.98 Å². The van der Waals surface area contributed by atoms with Crippen LogP contribution < -0.4 is 0 Å². The first-order valence-corrected chi connectivity index (χ1v) is 6.15. The highest BCUT2D eigenvalue weighted by molar-refractivity contribution is 6.05. The van der Waals surface area contributed by atoms with Gasteiger partial charge in [-0.25, -0.2) is 0 Å². The summed E-state index contributed by atoms with van der Waals surface area (Å²) >= 11 is 0. The lowest BCUT2D eigenvalue weighted by Crippen LogP contribution is -1.80. The molecule has 1 radical (unpaired) electrons. The van der Waals surface area contributed by atoms with Gasteiger partial charge in [-0.1, -0.05) is 18.2 Å². The summed E-state index contributed by atoms with van der Waals surface area (Å²) in [7, 11) is 0. The van der Waals surface area contributed by atoms with E-state index in [1.165, 1.54) is 0 Å². The van der Waals surface area contributed by atoms with Crippen LogP contribution >= 0.6 is 0 Å². The van der Waals surface area contributed by atoms with E-state index in [1.54, 1.807) is 6.20 Å². The van der Waals surface area contributed by atoms with Crippen LogP contribution in [-0.2, 0) is 0 Å². The number of nitrogens with zero attached hydrogens (tertiary/aromatic N) is 1. The fourth-order valence-corrected chi connectivity index (χ4v) is 2.36. The third-order valence-electron chi connectivity index (χ3n) is 3.28. The second-order valence-electron chi connectivity index (χ2n) is 4.45. The Hall–Kier alpha value is -2.61. The Labute approximate surface area is 110 Å². The largest absolute Gasteiger partial charge is 0.456 e. The maximum Gasteiger partial charge on any atom is 0.136 e. The van der Waals surface area contributed by atoms with Gasteiger partial charge in [0.15, 0.2) is 0 Å². The van der Waals surface area contributed by atoms with Crippen molar-refractivity contribution in [3.05, 3.63) is 66.9 Å². The molecular weight excluding hydrogens is 234 g/mol. The molecule has 4 aromatic rings. The highest BCUT2D eigenvalue weighted by Gasteiger charge is 2.07. The molecule has 0 amide bonds. The molecule has 2 heterocycles. The Balaban J connectivity index is 1.99. The molecule has 0 aliphatic rings. The summed E-state index contributed by atoms with van der Waals surface area (Å²) in [5.41, 5.74) is 3.78. The maximum absolute atomic E-state index is 5.86. The zero-order valence-corrected chi connectivity index (χ0v) is 10.1. The average Bonchev–Trinajstić information content (AvgIpc) is 2.86. The minimum Gasteiger partial charge on any atom is -0.456 e. The van der Waals surface area contributed by atoms with Crippen molar-refractivity contribution in [1.29, 1.82) is 0 Å². The number of rotatable bonds is 1. The summed E-state index contributed by atoms with van der Waals surface area (Å²) in [6.07, 6.45) is 1.80. The monoisotopic (exact) mass is 244 g/mol. The number of hydrogen-bond donors (Lipinski definition) is 0. The van der Waals surface area contributed by atoms with Gasteiger partial charge in [0.05, 0.1) is 5.69 Å². The van der Waals surface area contributed by atoms with E-state index in [0.717, 1.165) is 33.2 Å². The molecule has 2 aromatic carbocycles. The Morgan fingerprint density at radius 3 is 2.79 bits per heavy atom. The van der Waals surface area contributed by atoms with Crippen LogP contribution in [0.3, 0.4) is 0 Å². The van der Waals surface area contributed by atoms with Gasteiger partial charge in [-0.2, -0.15) is 0 Å². The van der Waals surface area contributed by atoms with Gasteiger partial charge in [-0.3, -0.25) is 4.98 Å². The van der Waals surface area contributed by atoms with Crippen molar-refractivity contribution in [2.24, 2.45) is 0 Å². The molecule has 0 aliphatic heterocycles. The molecule has 0 N–H and O–H groups in total. The van der Waals surface area contributed by atoms with Crippen molar-refractivity contribution in [2.45, 2.75) is 0 Å². The molecular formula is C17H10NO. The number of benzene rings is 2. The van der Waals surface area contributed by atoms with Crippen molar-refractivity contribution < 1.29 is 4.42 Å². The minimum absolute atomic E-state index is 0.871. The van der Waals surface area contributed by atoms with Crippen molar-refractivity contribution in [3.63, 3.8) is 0 Å². The lowest BCUT2D eigenvalue weighted by atomic mass is 10.1. The molecule has 4 rings (SSSR count). The third-order valence-corrected chi connectivity index (χ3v) is 3.28. The fraction of sp³-hybridized carbons (Fsp3) is 0. The van der Waals surface area contributed by atoms with Crippen LogP contribution in [0, 0.1) is 6.07 Å². The smallest absolute Gasteiger partial charge is 0.136 e. The molecule has 0 aliphatic carbocycles. The van der Waals surface area contributed by atoms with Gasteiger partial charge in [-0.05, 0) is 42.5 Å². The van der Waals surface area contributed by atoms with Gasteiger partial charge in [0, 0.05) is 22.5 Å². The predicted octanol–water partition coefficient (Wildman–Crippen LogP) is 4.45. The van der Waals surface area contributed by atoms with E-state index in [-0.39, 0.29) is 0 Å². The van der Waals surface area contributed by atoms with Gasteiger partial charge >= 0.3 is 0 Å². The molecule has 2 aromatic heterocycles. The molecule has 89 valence electrons. The number of fused-ring (bicyclic) bond motifs is 3. The van der Waals surface area contributed by atoms with Crippen LogP contribution in [0.25, 0.3) is 33.2 Å². The molecule has 0 saturated carbocycles. The first-order chi connectivity index (χ1) is 9.42. The Morgan fingerprint density at radius 2 is 1.89 bits per heavy atom. The summed E-state index contributed by atoms with van der Waals surface area (Å²) in [6.45, 7) is 0. The molecule has 0 saturated heterocycles. The van der Waals surface area contributed by atoms with E-state index in [4.69, 9.17) is 4.42 Å². The molecule has 2 heteroatoms. The summed E-state index contributed by atoms with van der Waals surface area (Å²) in [5.74, 6) is 0. The summed E-state index contributed by atoms with van der Waals surface area (Å²) in [6, 6.07) is 21.0. The number of furan rings is 1. The van der Waals surface area contributed by atoms with Gasteiger partial charge < -0.3 is 4.42 Å². The van der Waals surface area contributed by atoms with E-state index >= 15 is 0 Å². The molecule has 0 bridgehead atoms. The van der Waals surface area contributed by atoms with E-state index in [9.17, 15) is 0 Å². The zero-order chi connectivity index (χ0) is 12.7. The Morgan fingerprint density at radius 1 is 0.947 bits per heavy atom. The molecule has 0 atom stereocenters. The molecule has 0 unspecified atom stereocenters. The van der Waals surface area contributed by atoms with Crippen LogP contribution in [0.4, 0.5) is 0 Å². The second kappa shape index (κ2) is 3.95. The second-order valence-corrected chi connectivity index (χ2v) is 4.45. The van der Waals surface area contributed by atoms with E-state index in [1.807, 2.05) is 42.5 Å². The quantitative estimate of drug-likeness (QED) is 0.494. The Kier molecular flexibility index (Phi) is 2.15. The van der Waals surface area contributed by atoms with Crippen LogP contribution in [0.2, 0.25) is 0 Å².